The van der Waals surface area contributed by atoms with Gasteiger partial charge in [-0.15, -0.1) is 0 Å². The van der Waals surface area contributed by atoms with Crippen molar-refractivity contribution in [2.45, 2.75) is 52.4 Å². The molecule has 14 heavy (non-hydrogen) atoms. The molecule has 0 heterocycles. The average molecular weight is 224 g/mol. The molecule has 0 N–H and O–H groups in total. The van der Waals surface area contributed by atoms with Gasteiger partial charge in [-0.25, -0.2) is 0 Å². The number of hydrogen-bond acceptors (Lipinski definition) is 2. The molecule has 0 aliphatic carbocycles. The summed E-state index contributed by atoms with van der Waals surface area (Å²) in [4.78, 5) is 0. The van der Waals surface area contributed by atoms with Crippen LogP contribution in [-0.4, -0.2) is 12.8 Å². The minimum atomic E-state index is -3.73. The average Bonchev–Trinajstić information content (AvgIpc) is 2.16. The second-order valence-electron chi connectivity index (χ2n) is 3.51. The van der Waals surface area contributed by atoms with Crippen LogP contribution < -0.4 is 0 Å². The van der Waals surface area contributed by atoms with Gasteiger partial charge in [0.25, 0.3) is 0 Å². The maximum Gasteiger partial charge on any atom is 0.367 e. The molecule has 0 radical (unpaired) electrons. The van der Waals surface area contributed by atoms with Gasteiger partial charge < -0.3 is 4.52 Å². The fourth-order valence-corrected chi connectivity index (χ4v) is 1.76. The Morgan fingerprint density at radius 3 is 2.21 bits per heavy atom. The van der Waals surface area contributed by atoms with Crippen molar-refractivity contribution in [3.63, 3.8) is 0 Å². The van der Waals surface area contributed by atoms with Crippen molar-refractivity contribution in [2.24, 2.45) is 0 Å². The lowest BCUT2D eigenvalue weighted by Crippen LogP contribution is -1.92. The molecule has 86 valence electrons. The highest BCUT2D eigenvalue weighted by Crippen LogP contribution is 2.47. The van der Waals surface area contributed by atoms with Crippen molar-refractivity contribution in [1.29, 1.82) is 0 Å². The van der Waals surface area contributed by atoms with E-state index in [-0.39, 0.29) is 6.16 Å². The quantitative estimate of drug-likeness (QED) is 0.424. The van der Waals surface area contributed by atoms with Gasteiger partial charge in [0.05, 0.1) is 12.8 Å². The second-order valence-corrected chi connectivity index (χ2v) is 5.58. The topological polar surface area (TPSA) is 26.3 Å². The van der Waals surface area contributed by atoms with Crippen molar-refractivity contribution in [2.75, 3.05) is 12.8 Å². The molecule has 0 aromatic heterocycles. The van der Waals surface area contributed by atoms with Crippen LogP contribution in [0.15, 0.2) is 0 Å². The lowest BCUT2D eigenvalue weighted by atomic mass is 10.1. The van der Waals surface area contributed by atoms with Gasteiger partial charge in [-0.2, -0.15) is 4.20 Å². The molecule has 1 unspecified atom stereocenters. The minimum absolute atomic E-state index is 0.0111. The van der Waals surface area contributed by atoms with Crippen LogP contribution in [0.3, 0.4) is 0 Å². The van der Waals surface area contributed by atoms with Crippen molar-refractivity contribution in [1.82, 2.24) is 0 Å². The Kier molecular flexibility index (Phi) is 8.50. The van der Waals surface area contributed by atoms with E-state index in [0.717, 1.165) is 12.8 Å². The molecule has 1 atom stereocenters. The first-order chi connectivity index (χ1) is 6.62. The summed E-state index contributed by atoms with van der Waals surface area (Å²) in [5, 5.41) is 0. The van der Waals surface area contributed by atoms with Gasteiger partial charge in [-0.1, -0.05) is 46.0 Å². The zero-order valence-corrected chi connectivity index (χ0v) is 10.2. The highest BCUT2D eigenvalue weighted by atomic mass is 31.2. The molecule has 0 fully saturated rings. The van der Waals surface area contributed by atoms with E-state index in [0.29, 0.717) is 6.61 Å². The van der Waals surface area contributed by atoms with E-state index < -0.39 is 7.68 Å². The Morgan fingerprint density at radius 2 is 1.64 bits per heavy atom. The Balaban J connectivity index is 3.17. The monoisotopic (exact) mass is 224 g/mol. The molecule has 0 amide bonds. The van der Waals surface area contributed by atoms with E-state index in [4.69, 9.17) is 0 Å². The SMILES string of the molecule is CCCCCCCCOP(=O)(F)CC. The molecule has 0 spiro atoms. The first kappa shape index (κ1) is 14.1. The molecule has 0 rings (SSSR count). The van der Waals surface area contributed by atoms with E-state index in [1.807, 2.05) is 0 Å². The summed E-state index contributed by atoms with van der Waals surface area (Å²) >= 11 is 0. The van der Waals surface area contributed by atoms with Gasteiger partial charge in [0, 0.05) is 0 Å². The summed E-state index contributed by atoms with van der Waals surface area (Å²) in [5.41, 5.74) is 0. The van der Waals surface area contributed by atoms with Crippen LogP contribution >= 0.6 is 7.68 Å². The smallest absolute Gasteiger partial charge is 0.306 e. The summed E-state index contributed by atoms with van der Waals surface area (Å²) in [7, 11) is -3.73. The van der Waals surface area contributed by atoms with E-state index in [1.54, 1.807) is 6.92 Å². The molecule has 4 heteroatoms. The van der Waals surface area contributed by atoms with Crippen LogP contribution in [0.5, 0.6) is 0 Å². The predicted molar refractivity (Wildman–Crippen MR) is 58.6 cm³/mol. The van der Waals surface area contributed by atoms with Crippen LogP contribution in [0.1, 0.15) is 52.4 Å². The van der Waals surface area contributed by atoms with E-state index >= 15 is 0 Å². The number of rotatable bonds is 9. The summed E-state index contributed by atoms with van der Waals surface area (Å²) < 4.78 is 28.3. The summed E-state index contributed by atoms with van der Waals surface area (Å²) in [6, 6.07) is 0. The molecule has 0 aliphatic heterocycles. The molecule has 0 bridgehead atoms. The fourth-order valence-electron chi connectivity index (χ4n) is 1.17. The van der Waals surface area contributed by atoms with Crippen LogP contribution in [0.25, 0.3) is 0 Å². The normalized spacial score (nSPS) is 15.4. The Labute approximate surface area is 86.8 Å². The third-order valence-electron chi connectivity index (χ3n) is 2.16. The molecular weight excluding hydrogens is 202 g/mol. The highest BCUT2D eigenvalue weighted by Gasteiger charge is 2.17. The number of hydrogen-bond donors (Lipinski definition) is 0. The lowest BCUT2D eigenvalue weighted by molar-refractivity contribution is 0.278. The largest absolute Gasteiger partial charge is 0.367 e. The maximum absolute atomic E-state index is 12.8. The maximum atomic E-state index is 12.8. The zero-order chi connectivity index (χ0) is 10.9. The number of unbranched alkanes of at least 4 members (excludes halogenated alkanes) is 5. The molecular formula is C10H22FO2P. The van der Waals surface area contributed by atoms with Crippen LogP contribution in [0, 0.1) is 0 Å². The third-order valence-corrected chi connectivity index (χ3v) is 3.48. The summed E-state index contributed by atoms with van der Waals surface area (Å²) in [5.74, 6) is 0. The zero-order valence-electron chi connectivity index (χ0n) is 9.30. The van der Waals surface area contributed by atoms with Gasteiger partial charge >= 0.3 is 7.68 Å². The van der Waals surface area contributed by atoms with Crippen molar-refractivity contribution in [3.8, 4) is 0 Å². The van der Waals surface area contributed by atoms with E-state index in [1.165, 1.54) is 25.7 Å². The lowest BCUT2D eigenvalue weighted by Gasteiger charge is -2.06. The Morgan fingerprint density at radius 1 is 1.07 bits per heavy atom. The molecule has 0 aromatic rings. The minimum Gasteiger partial charge on any atom is -0.306 e. The van der Waals surface area contributed by atoms with Crippen LogP contribution in [-0.2, 0) is 9.09 Å². The van der Waals surface area contributed by atoms with Crippen LogP contribution in [0.4, 0.5) is 4.20 Å². The van der Waals surface area contributed by atoms with Gasteiger partial charge in [-0.3, -0.25) is 4.57 Å². The van der Waals surface area contributed by atoms with Gasteiger partial charge in [-0.05, 0) is 6.42 Å². The third kappa shape index (κ3) is 8.71. The van der Waals surface area contributed by atoms with Gasteiger partial charge in [0.15, 0.2) is 0 Å². The predicted octanol–water partition coefficient (Wildman–Crippen LogP) is 4.55. The molecule has 2 nitrogen and oxygen atoms in total. The summed E-state index contributed by atoms with van der Waals surface area (Å²) in [6.07, 6.45) is 6.74. The first-order valence-corrected chi connectivity index (χ1v) is 7.25. The molecule has 0 saturated carbocycles. The molecule has 0 saturated heterocycles. The van der Waals surface area contributed by atoms with Crippen molar-refractivity contribution in [3.05, 3.63) is 0 Å². The standard InChI is InChI=1S/C10H22FO2P/c1-3-5-6-7-8-9-10-13-14(11,12)4-2/h3-10H2,1-2H3. The van der Waals surface area contributed by atoms with E-state index in [2.05, 4.69) is 11.4 Å². The fraction of sp³-hybridized carbons (Fsp3) is 1.00. The first-order valence-electron chi connectivity index (χ1n) is 5.55. The molecule has 0 aliphatic rings. The van der Waals surface area contributed by atoms with Crippen molar-refractivity contribution >= 4 is 7.68 Å². The van der Waals surface area contributed by atoms with E-state index in [9.17, 15) is 8.76 Å². The number of halogens is 1. The summed E-state index contributed by atoms with van der Waals surface area (Å²) in [6.45, 7) is 4.01. The second kappa shape index (κ2) is 8.43. The van der Waals surface area contributed by atoms with Crippen LogP contribution in [0.2, 0.25) is 0 Å². The van der Waals surface area contributed by atoms with Gasteiger partial charge in [0.1, 0.15) is 0 Å². The van der Waals surface area contributed by atoms with Crippen molar-refractivity contribution < 1.29 is 13.3 Å². The van der Waals surface area contributed by atoms with Gasteiger partial charge in [0.2, 0.25) is 0 Å². The Hall–Kier alpha value is 0.120. The highest BCUT2D eigenvalue weighted by molar-refractivity contribution is 7.53. The molecule has 0 aromatic carbocycles. The Bertz CT molecular complexity index is 174.